The van der Waals surface area contributed by atoms with Crippen LogP contribution in [0.1, 0.15) is 43.9 Å². The average Bonchev–Trinajstić information content (AvgIpc) is 2.88. The quantitative estimate of drug-likeness (QED) is 0.711. The van der Waals surface area contributed by atoms with Gasteiger partial charge in [0.25, 0.3) is 0 Å². The second kappa shape index (κ2) is 11.3. The van der Waals surface area contributed by atoms with Gasteiger partial charge in [0.1, 0.15) is 0 Å². The highest BCUT2D eigenvalue weighted by Crippen LogP contribution is 2.13. The van der Waals surface area contributed by atoms with Crippen molar-refractivity contribution in [2.75, 3.05) is 13.1 Å². The highest BCUT2D eigenvalue weighted by molar-refractivity contribution is 7.09. The Balaban J connectivity index is 0.00000324. The monoisotopic (exact) mass is 304 g/mol. The van der Waals surface area contributed by atoms with Crippen LogP contribution in [0, 0.1) is 0 Å². The fraction of sp³-hybridized carbons (Fsp3) is 0.643. The normalized spacial score (nSPS) is 10.0. The number of thiophene rings is 1. The Morgan fingerprint density at radius 2 is 2.05 bits per heavy atom. The summed E-state index contributed by atoms with van der Waals surface area (Å²) in [7, 11) is 0. The number of hydrogen-bond donors (Lipinski definition) is 1. The molecule has 0 fully saturated rings. The first-order chi connectivity index (χ1) is 8.77. The van der Waals surface area contributed by atoms with E-state index in [1.165, 1.54) is 4.88 Å². The summed E-state index contributed by atoms with van der Waals surface area (Å²) in [6.45, 7) is 4.35. The molecule has 0 atom stereocenters. The number of unbranched alkanes of at least 4 members (excludes halogenated alkanes) is 3. The van der Waals surface area contributed by atoms with E-state index in [0.29, 0.717) is 6.42 Å². The SMILES string of the molecule is CCN(Cc1cccs1)C(=O)CCCCCCN.Cl. The maximum absolute atomic E-state index is 12.0. The van der Waals surface area contributed by atoms with Crippen LogP contribution in [0.2, 0.25) is 0 Å². The molecule has 1 amide bonds. The van der Waals surface area contributed by atoms with Crippen molar-refractivity contribution in [1.82, 2.24) is 4.90 Å². The Morgan fingerprint density at radius 3 is 2.63 bits per heavy atom. The molecule has 19 heavy (non-hydrogen) atoms. The van der Waals surface area contributed by atoms with Gasteiger partial charge in [-0.25, -0.2) is 0 Å². The van der Waals surface area contributed by atoms with E-state index in [9.17, 15) is 4.79 Å². The molecule has 3 nitrogen and oxygen atoms in total. The molecular formula is C14H25ClN2OS. The summed E-state index contributed by atoms with van der Waals surface area (Å²) >= 11 is 1.71. The van der Waals surface area contributed by atoms with E-state index in [-0.39, 0.29) is 18.3 Å². The molecule has 0 aliphatic rings. The minimum absolute atomic E-state index is 0. The molecule has 1 heterocycles. The van der Waals surface area contributed by atoms with Crippen molar-refractivity contribution in [1.29, 1.82) is 0 Å². The number of hydrogen-bond acceptors (Lipinski definition) is 3. The Morgan fingerprint density at radius 1 is 1.32 bits per heavy atom. The van der Waals surface area contributed by atoms with Gasteiger partial charge in [-0.05, 0) is 37.8 Å². The van der Waals surface area contributed by atoms with Gasteiger partial charge >= 0.3 is 0 Å². The largest absolute Gasteiger partial charge is 0.338 e. The predicted molar refractivity (Wildman–Crippen MR) is 84.8 cm³/mol. The number of carbonyl (C=O) groups is 1. The van der Waals surface area contributed by atoms with Gasteiger partial charge in [0.15, 0.2) is 0 Å². The smallest absolute Gasteiger partial charge is 0.222 e. The zero-order valence-electron chi connectivity index (χ0n) is 11.6. The Labute approximate surface area is 126 Å². The van der Waals surface area contributed by atoms with Gasteiger partial charge in [0.05, 0.1) is 6.54 Å². The highest BCUT2D eigenvalue weighted by atomic mass is 35.5. The first-order valence-electron chi connectivity index (χ1n) is 6.78. The minimum atomic E-state index is 0. The van der Waals surface area contributed by atoms with Gasteiger partial charge in [-0.1, -0.05) is 18.9 Å². The third kappa shape index (κ3) is 7.55. The lowest BCUT2D eigenvalue weighted by molar-refractivity contribution is -0.131. The maximum atomic E-state index is 12.0. The first kappa shape index (κ1) is 18.4. The molecule has 0 bridgehead atoms. The third-order valence-corrected chi connectivity index (χ3v) is 3.87. The Kier molecular flexibility index (Phi) is 10.9. The van der Waals surface area contributed by atoms with E-state index in [1.54, 1.807) is 11.3 Å². The molecule has 0 saturated carbocycles. The van der Waals surface area contributed by atoms with Gasteiger partial charge in [0, 0.05) is 17.8 Å². The molecule has 1 aromatic rings. The summed E-state index contributed by atoms with van der Waals surface area (Å²) in [5.74, 6) is 0.277. The van der Waals surface area contributed by atoms with Crippen LogP contribution in [0.3, 0.4) is 0 Å². The van der Waals surface area contributed by atoms with E-state index >= 15 is 0 Å². The Hall–Kier alpha value is -0.580. The van der Waals surface area contributed by atoms with E-state index in [4.69, 9.17) is 5.73 Å². The van der Waals surface area contributed by atoms with Crippen LogP contribution in [0.25, 0.3) is 0 Å². The van der Waals surface area contributed by atoms with Crippen molar-refractivity contribution < 1.29 is 4.79 Å². The molecule has 0 aliphatic heterocycles. The van der Waals surface area contributed by atoms with Crippen LogP contribution < -0.4 is 5.73 Å². The zero-order chi connectivity index (χ0) is 13.2. The molecule has 0 aromatic carbocycles. The molecule has 1 rings (SSSR count). The lowest BCUT2D eigenvalue weighted by atomic mass is 10.1. The number of rotatable bonds is 9. The number of carbonyl (C=O) groups excluding carboxylic acids is 1. The van der Waals surface area contributed by atoms with Crippen molar-refractivity contribution in [3.63, 3.8) is 0 Å². The van der Waals surface area contributed by atoms with E-state index < -0.39 is 0 Å². The van der Waals surface area contributed by atoms with Gasteiger partial charge in [-0.3, -0.25) is 4.79 Å². The number of nitrogens with two attached hydrogens (primary N) is 1. The van der Waals surface area contributed by atoms with Crippen molar-refractivity contribution in [2.45, 2.75) is 45.6 Å². The number of amides is 1. The number of nitrogens with zero attached hydrogens (tertiary/aromatic N) is 1. The highest BCUT2D eigenvalue weighted by Gasteiger charge is 2.11. The molecule has 0 saturated heterocycles. The fourth-order valence-corrected chi connectivity index (χ4v) is 2.62. The predicted octanol–water partition coefficient (Wildman–Crippen LogP) is 3.43. The minimum Gasteiger partial charge on any atom is -0.338 e. The molecule has 0 aliphatic carbocycles. The summed E-state index contributed by atoms with van der Waals surface area (Å²) in [6.07, 6.45) is 4.98. The van der Waals surface area contributed by atoms with Crippen LogP contribution in [-0.4, -0.2) is 23.9 Å². The molecular weight excluding hydrogens is 280 g/mol. The Bertz CT molecular complexity index is 330. The van der Waals surface area contributed by atoms with Crippen molar-refractivity contribution in [3.05, 3.63) is 22.4 Å². The van der Waals surface area contributed by atoms with Gasteiger partial charge in [-0.2, -0.15) is 0 Å². The van der Waals surface area contributed by atoms with Crippen molar-refractivity contribution >= 4 is 29.7 Å². The molecule has 0 radical (unpaired) electrons. The van der Waals surface area contributed by atoms with Crippen LogP contribution in [0.5, 0.6) is 0 Å². The van der Waals surface area contributed by atoms with Gasteiger partial charge in [-0.15, -0.1) is 23.7 Å². The summed E-state index contributed by atoms with van der Waals surface area (Å²) in [5, 5.41) is 2.06. The second-order valence-electron chi connectivity index (χ2n) is 4.44. The van der Waals surface area contributed by atoms with Crippen molar-refractivity contribution in [2.24, 2.45) is 5.73 Å². The summed E-state index contributed by atoms with van der Waals surface area (Å²) < 4.78 is 0. The fourth-order valence-electron chi connectivity index (χ4n) is 1.90. The van der Waals surface area contributed by atoms with Crippen LogP contribution in [0.4, 0.5) is 0 Å². The second-order valence-corrected chi connectivity index (χ2v) is 5.47. The average molecular weight is 305 g/mol. The van der Waals surface area contributed by atoms with Crippen molar-refractivity contribution in [3.8, 4) is 0 Å². The molecule has 1 aromatic heterocycles. The standard InChI is InChI=1S/C14H24N2OS.ClH/c1-2-16(12-13-8-7-11-18-13)14(17)9-5-3-4-6-10-15;/h7-8,11H,2-6,9-10,12,15H2,1H3;1H. The van der Waals surface area contributed by atoms with Gasteiger partial charge < -0.3 is 10.6 Å². The maximum Gasteiger partial charge on any atom is 0.222 e. The van der Waals surface area contributed by atoms with E-state index in [0.717, 1.165) is 45.3 Å². The van der Waals surface area contributed by atoms with E-state index in [2.05, 4.69) is 11.4 Å². The third-order valence-electron chi connectivity index (χ3n) is 3.01. The summed E-state index contributed by atoms with van der Waals surface area (Å²) in [6, 6.07) is 4.12. The number of halogens is 1. The lowest BCUT2D eigenvalue weighted by Gasteiger charge is -2.20. The topological polar surface area (TPSA) is 46.3 Å². The van der Waals surface area contributed by atoms with Gasteiger partial charge in [0.2, 0.25) is 5.91 Å². The molecule has 0 spiro atoms. The van der Waals surface area contributed by atoms with Crippen LogP contribution in [-0.2, 0) is 11.3 Å². The lowest BCUT2D eigenvalue weighted by Crippen LogP contribution is -2.29. The molecule has 110 valence electrons. The van der Waals surface area contributed by atoms with Crippen LogP contribution in [0.15, 0.2) is 17.5 Å². The molecule has 5 heteroatoms. The summed E-state index contributed by atoms with van der Waals surface area (Å²) in [5.41, 5.74) is 5.44. The summed E-state index contributed by atoms with van der Waals surface area (Å²) in [4.78, 5) is 15.2. The van der Waals surface area contributed by atoms with E-state index in [1.807, 2.05) is 17.9 Å². The zero-order valence-corrected chi connectivity index (χ0v) is 13.3. The first-order valence-corrected chi connectivity index (χ1v) is 7.66. The molecule has 0 unspecified atom stereocenters. The molecule has 2 N–H and O–H groups in total. The van der Waals surface area contributed by atoms with Crippen LogP contribution >= 0.6 is 23.7 Å².